The number of phenols is 1. The molecule has 3 aromatic heterocycles. The number of phenolic OH excluding ortho intramolecular Hbond substituents is 1. The van der Waals surface area contributed by atoms with E-state index in [4.69, 9.17) is 4.74 Å². The fraction of sp³-hybridized carbons (Fsp3) is 0.320. The maximum Gasteiger partial charge on any atom is 0.407 e. The van der Waals surface area contributed by atoms with Gasteiger partial charge in [-0.2, -0.15) is 10.2 Å². The zero-order chi connectivity index (χ0) is 25.2. The molecule has 4 aromatic rings. The fourth-order valence-electron chi connectivity index (χ4n) is 4.53. The number of alkyl carbamates (subject to hydrolysis) is 1. The van der Waals surface area contributed by atoms with Gasteiger partial charge in [0.2, 0.25) is 0 Å². The molecule has 0 radical (unpaired) electrons. The number of carbonyl (C=O) groups excluding carboxylic acids is 2. The first-order valence-electron chi connectivity index (χ1n) is 11.8. The van der Waals surface area contributed by atoms with Gasteiger partial charge in [-0.05, 0) is 45.2 Å². The van der Waals surface area contributed by atoms with E-state index in [1.54, 1.807) is 35.1 Å². The minimum atomic E-state index is -0.382. The molecule has 0 bridgehead atoms. The number of aromatic nitrogens is 5. The lowest BCUT2D eigenvalue weighted by atomic mass is 10.0. The van der Waals surface area contributed by atoms with Crippen LogP contribution in [0.1, 0.15) is 55.1 Å². The topological polar surface area (TPSA) is 147 Å². The highest BCUT2D eigenvalue weighted by Crippen LogP contribution is 2.36. The number of nitrogens with zero attached hydrogens (tertiary/aromatic N) is 4. The maximum absolute atomic E-state index is 11.9. The zero-order valence-corrected chi connectivity index (χ0v) is 19.9. The summed E-state index contributed by atoms with van der Waals surface area (Å²) < 4.78 is 7.18. The highest BCUT2D eigenvalue weighted by molar-refractivity contribution is 5.91. The van der Waals surface area contributed by atoms with E-state index in [2.05, 4.69) is 30.9 Å². The molecule has 3 heterocycles. The van der Waals surface area contributed by atoms with E-state index in [9.17, 15) is 14.7 Å². The largest absolute Gasteiger partial charge is 0.507 e. The Kier molecular flexibility index (Phi) is 6.28. The van der Waals surface area contributed by atoms with Gasteiger partial charge in [0.15, 0.2) is 17.9 Å². The third-order valence-corrected chi connectivity index (χ3v) is 6.22. The van der Waals surface area contributed by atoms with Gasteiger partial charge in [0.25, 0.3) is 0 Å². The molecule has 11 nitrogen and oxygen atoms in total. The van der Waals surface area contributed by atoms with Crippen LogP contribution in [-0.2, 0) is 4.74 Å². The smallest absolute Gasteiger partial charge is 0.407 e. The number of aromatic amines is 1. The summed E-state index contributed by atoms with van der Waals surface area (Å²) in [5.41, 5.74) is 2.89. The Balaban J connectivity index is 1.32. The van der Waals surface area contributed by atoms with Crippen molar-refractivity contribution in [2.75, 3.05) is 5.32 Å². The number of benzene rings is 1. The molecule has 4 N–H and O–H groups in total. The van der Waals surface area contributed by atoms with Crippen LogP contribution in [0.3, 0.4) is 0 Å². The summed E-state index contributed by atoms with van der Waals surface area (Å²) in [7, 11) is 0. The number of H-pyrrole nitrogens is 1. The number of hydrogen-bond donors (Lipinski definition) is 4. The maximum atomic E-state index is 11.9. The van der Waals surface area contributed by atoms with Crippen molar-refractivity contribution < 1.29 is 19.4 Å². The molecule has 186 valence electrons. The second kappa shape index (κ2) is 9.68. The number of amides is 1. The number of anilines is 2. The van der Waals surface area contributed by atoms with Crippen LogP contribution in [0.15, 0.2) is 42.7 Å². The summed E-state index contributed by atoms with van der Waals surface area (Å²) in [5, 5.41) is 28.0. The lowest BCUT2D eigenvalue weighted by Gasteiger charge is -2.14. The van der Waals surface area contributed by atoms with Crippen molar-refractivity contribution in [2.45, 2.75) is 51.2 Å². The summed E-state index contributed by atoms with van der Waals surface area (Å²) in [4.78, 5) is 27.9. The summed E-state index contributed by atoms with van der Waals surface area (Å²) in [5.74, 6) is 1.25. The quantitative estimate of drug-likeness (QED) is 0.283. The highest BCUT2D eigenvalue weighted by Gasteiger charge is 2.30. The average molecular weight is 490 g/mol. The molecule has 11 heteroatoms. The number of aromatic hydroxyl groups is 1. The number of nitrogens with one attached hydrogen (secondary N) is 3. The Morgan fingerprint density at radius 2 is 2.17 bits per heavy atom. The van der Waals surface area contributed by atoms with Gasteiger partial charge in [-0.25, -0.2) is 14.3 Å². The van der Waals surface area contributed by atoms with Crippen molar-refractivity contribution in [3.8, 4) is 17.0 Å². The van der Waals surface area contributed by atoms with Crippen LogP contribution < -0.4 is 10.6 Å². The fourth-order valence-corrected chi connectivity index (χ4v) is 4.53. The first-order valence-corrected chi connectivity index (χ1v) is 11.8. The zero-order valence-electron chi connectivity index (χ0n) is 19.9. The molecule has 0 aliphatic heterocycles. The molecule has 5 rings (SSSR count). The molecule has 1 aliphatic carbocycles. The minimum Gasteiger partial charge on any atom is -0.507 e. The Bertz CT molecular complexity index is 1410. The van der Waals surface area contributed by atoms with Crippen molar-refractivity contribution in [3.05, 3.63) is 54.0 Å². The first-order chi connectivity index (χ1) is 17.4. The van der Waals surface area contributed by atoms with Crippen molar-refractivity contribution in [2.24, 2.45) is 0 Å². The second-order valence-corrected chi connectivity index (χ2v) is 9.16. The lowest BCUT2D eigenvalue weighted by Crippen LogP contribution is -2.33. The number of aldehydes is 1. The third-order valence-electron chi connectivity index (χ3n) is 6.22. The summed E-state index contributed by atoms with van der Waals surface area (Å²) >= 11 is 0. The van der Waals surface area contributed by atoms with Crippen molar-refractivity contribution in [1.29, 1.82) is 0 Å². The van der Waals surface area contributed by atoms with Gasteiger partial charge in [0, 0.05) is 41.7 Å². The van der Waals surface area contributed by atoms with Gasteiger partial charge in [0.1, 0.15) is 17.4 Å². The molecule has 1 saturated carbocycles. The predicted octanol–water partition coefficient (Wildman–Crippen LogP) is 4.15. The van der Waals surface area contributed by atoms with Gasteiger partial charge in [-0.1, -0.05) is 12.1 Å². The SMILES string of the molecule is CC(C)NC(=O)OC1CCC(c2cc(Nc3nccn4nc(-c5cccc(O)c5C=O)cc34)n[nH]2)C1. The minimum absolute atomic E-state index is 0.0350. The Labute approximate surface area is 206 Å². The molecular weight excluding hydrogens is 462 g/mol. The highest BCUT2D eigenvalue weighted by atomic mass is 16.6. The second-order valence-electron chi connectivity index (χ2n) is 9.16. The van der Waals surface area contributed by atoms with E-state index < -0.39 is 0 Å². The number of rotatable bonds is 7. The van der Waals surface area contributed by atoms with E-state index in [0.717, 1.165) is 25.0 Å². The van der Waals surface area contributed by atoms with Crippen molar-refractivity contribution in [3.63, 3.8) is 0 Å². The third kappa shape index (κ3) is 4.72. The van der Waals surface area contributed by atoms with Gasteiger partial charge in [0.05, 0.1) is 11.3 Å². The summed E-state index contributed by atoms with van der Waals surface area (Å²) in [6.45, 7) is 3.79. The first kappa shape index (κ1) is 23.3. The van der Waals surface area contributed by atoms with Gasteiger partial charge < -0.3 is 20.5 Å². The van der Waals surface area contributed by atoms with Crippen LogP contribution in [0.25, 0.3) is 16.8 Å². The molecule has 1 aliphatic rings. The predicted molar refractivity (Wildman–Crippen MR) is 132 cm³/mol. The summed E-state index contributed by atoms with van der Waals surface area (Å²) in [6, 6.07) is 8.63. The van der Waals surface area contributed by atoms with Crippen molar-refractivity contribution >= 4 is 29.5 Å². The van der Waals surface area contributed by atoms with E-state index >= 15 is 0 Å². The van der Waals surface area contributed by atoms with Gasteiger partial charge in [-0.3, -0.25) is 9.89 Å². The monoisotopic (exact) mass is 489 g/mol. The Hall–Kier alpha value is -4.41. The Morgan fingerprint density at radius 1 is 1.31 bits per heavy atom. The van der Waals surface area contributed by atoms with E-state index in [1.165, 1.54) is 6.07 Å². The number of carbonyl (C=O) groups is 2. The molecule has 1 fully saturated rings. The molecule has 36 heavy (non-hydrogen) atoms. The van der Waals surface area contributed by atoms with Crippen LogP contribution in [0.5, 0.6) is 5.75 Å². The van der Waals surface area contributed by atoms with Crippen LogP contribution in [0.4, 0.5) is 16.4 Å². The molecule has 0 saturated heterocycles. The van der Waals surface area contributed by atoms with E-state index in [-0.39, 0.29) is 35.5 Å². The van der Waals surface area contributed by atoms with Crippen molar-refractivity contribution in [1.82, 2.24) is 30.1 Å². The average Bonchev–Trinajstić information content (AvgIpc) is 3.58. The molecule has 1 amide bonds. The molecule has 0 spiro atoms. The van der Waals surface area contributed by atoms with Crippen LogP contribution in [-0.4, -0.2) is 54.4 Å². The molecule has 2 atom stereocenters. The van der Waals surface area contributed by atoms with Gasteiger partial charge in [-0.15, -0.1) is 0 Å². The Morgan fingerprint density at radius 3 is 2.97 bits per heavy atom. The number of ether oxygens (including phenoxy) is 1. The number of fused-ring (bicyclic) bond motifs is 1. The lowest BCUT2D eigenvalue weighted by molar-refractivity contribution is 0.0981. The van der Waals surface area contributed by atoms with Gasteiger partial charge >= 0.3 is 6.09 Å². The standard InChI is InChI=1S/C25H27N7O4/c1-14(2)27-25(35)36-16-7-6-15(10-16)19-12-23(30-29-19)28-24-21-11-20(31-32(21)9-8-26-24)17-4-3-5-22(34)18(17)13-33/h3-5,8-9,11-16,34H,6-7,10H2,1-2H3,(H,27,35)(H2,26,28,29,30). The van der Waals surface area contributed by atoms with Crippen LogP contribution >= 0.6 is 0 Å². The summed E-state index contributed by atoms with van der Waals surface area (Å²) in [6.07, 6.45) is 5.86. The van der Waals surface area contributed by atoms with Crippen LogP contribution in [0.2, 0.25) is 0 Å². The van der Waals surface area contributed by atoms with E-state index in [0.29, 0.717) is 34.7 Å². The number of hydrogen-bond acceptors (Lipinski definition) is 8. The molecule has 1 aromatic carbocycles. The normalized spacial score (nSPS) is 17.4. The van der Waals surface area contributed by atoms with E-state index in [1.807, 2.05) is 19.9 Å². The molecular formula is C25H27N7O4. The molecule has 2 unspecified atom stereocenters. The van der Waals surface area contributed by atoms with Crippen LogP contribution in [0, 0.1) is 0 Å².